The van der Waals surface area contributed by atoms with Gasteiger partial charge in [0, 0.05) is 31.8 Å². The van der Waals surface area contributed by atoms with Gasteiger partial charge in [-0.25, -0.2) is 4.39 Å². The summed E-state index contributed by atoms with van der Waals surface area (Å²) in [6.07, 6.45) is 0. The second-order valence-electron chi connectivity index (χ2n) is 4.89. The number of amidine groups is 1. The average molecular weight is 283 g/mol. The van der Waals surface area contributed by atoms with Crippen LogP contribution < -0.4 is 5.73 Å². The summed E-state index contributed by atoms with van der Waals surface area (Å²) >= 11 is 0. The molecule has 0 aliphatic carbocycles. The molecule has 0 atom stereocenters. The molecule has 0 aliphatic heterocycles. The standard InChI is InChI=1S/C14H22FN3O2/c1-10(2)18(4-5-20-3)9-11-6-12(14(16)17-19)8-13(15)7-11/h6-8,10,19H,4-5,9H2,1-3H3,(H2,16,17). The minimum absolute atomic E-state index is 0.0984. The molecule has 1 aromatic carbocycles. The third-order valence-electron chi connectivity index (χ3n) is 3.06. The maximum atomic E-state index is 13.6. The fourth-order valence-electron chi connectivity index (χ4n) is 1.91. The smallest absolute Gasteiger partial charge is 0.170 e. The van der Waals surface area contributed by atoms with Crippen LogP contribution in [0.4, 0.5) is 4.39 Å². The second kappa shape index (κ2) is 7.81. The molecule has 0 bridgehead atoms. The molecule has 112 valence electrons. The normalized spacial score (nSPS) is 12.4. The summed E-state index contributed by atoms with van der Waals surface area (Å²) < 4.78 is 18.7. The number of hydrogen-bond acceptors (Lipinski definition) is 4. The molecule has 0 fully saturated rings. The van der Waals surface area contributed by atoms with Crippen LogP contribution in [0.15, 0.2) is 23.4 Å². The monoisotopic (exact) mass is 283 g/mol. The zero-order chi connectivity index (χ0) is 15.1. The van der Waals surface area contributed by atoms with Crippen LogP contribution in [0.5, 0.6) is 0 Å². The van der Waals surface area contributed by atoms with Crippen molar-refractivity contribution in [2.75, 3.05) is 20.3 Å². The Morgan fingerprint density at radius 1 is 1.45 bits per heavy atom. The Balaban J connectivity index is 2.92. The molecule has 0 unspecified atom stereocenters. The Hall–Kier alpha value is -1.66. The lowest BCUT2D eigenvalue weighted by Gasteiger charge is -2.26. The van der Waals surface area contributed by atoms with Gasteiger partial charge in [0.2, 0.25) is 0 Å². The lowest BCUT2D eigenvalue weighted by Crippen LogP contribution is -2.33. The Kier molecular flexibility index (Phi) is 6.41. The number of ether oxygens (including phenoxy) is 1. The fraction of sp³-hybridized carbons (Fsp3) is 0.500. The number of benzene rings is 1. The summed E-state index contributed by atoms with van der Waals surface area (Å²) in [4.78, 5) is 2.16. The van der Waals surface area contributed by atoms with E-state index in [1.807, 2.05) is 0 Å². The van der Waals surface area contributed by atoms with Gasteiger partial charge in [0.1, 0.15) is 5.82 Å². The van der Waals surface area contributed by atoms with Gasteiger partial charge >= 0.3 is 0 Å². The van der Waals surface area contributed by atoms with Gasteiger partial charge in [0.25, 0.3) is 0 Å². The van der Waals surface area contributed by atoms with Crippen molar-refractivity contribution in [1.82, 2.24) is 4.90 Å². The van der Waals surface area contributed by atoms with Crippen LogP contribution in [0, 0.1) is 5.82 Å². The van der Waals surface area contributed by atoms with E-state index >= 15 is 0 Å². The van der Waals surface area contributed by atoms with E-state index in [1.54, 1.807) is 13.2 Å². The fourth-order valence-corrected chi connectivity index (χ4v) is 1.91. The van der Waals surface area contributed by atoms with Crippen molar-refractivity contribution in [2.24, 2.45) is 10.9 Å². The third kappa shape index (κ3) is 4.79. The maximum absolute atomic E-state index is 13.6. The van der Waals surface area contributed by atoms with Gasteiger partial charge < -0.3 is 15.7 Å². The molecule has 0 aromatic heterocycles. The quantitative estimate of drug-likeness (QED) is 0.346. The first kappa shape index (κ1) is 16.4. The van der Waals surface area contributed by atoms with E-state index in [0.29, 0.717) is 24.8 Å². The van der Waals surface area contributed by atoms with Gasteiger partial charge in [-0.3, -0.25) is 4.90 Å². The zero-order valence-corrected chi connectivity index (χ0v) is 12.1. The lowest BCUT2D eigenvalue weighted by molar-refractivity contribution is 0.125. The highest BCUT2D eigenvalue weighted by Crippen LogP contribution is 2.13. The van der Waals surface area contributed by atoms with E-state index in [-0.39, 0.29) is 5.84 Å². The first-order chi connectivity index (χ1) is 9.47. The number of halogens is 1. The Morgan fingerprint density at radius 3 is 2.70 bits per heavy atom. The van der Waals surface area contributed by atoms with Crippen molar-refractivity contribution in [1.29, 1.82) is 0 Å². The molecule has 0 saturated carbocycles. The molecule has 0 heterocycles. The molecule has 20 heavy (non-hydrogen) atoms. The highest BCUT2D eigenvalue weighted by molar-refractivity contribution is 5.97. The highest BCUT2D eigenvalue weighted by atomic mass is 19.1. The molecule has 0 radical (unpaired) electrons. The maximum Gasteiger partial charge on any atom is 0.170 e. The van der Waals surface area contributed by atoms with Crippen molar-refractivity contribution in [3.05, 3.63) is 35.1 Å². The van der Waals surface area contributed by atoms with Crippen LogP contribution in [0.3, 0.4) is 0 Å². The first-order valence-electron chi connectivity index (χ1n) is 6.48. The summed E-state index contributed by atoms with van der Waals surface area (Å²) in [6, 6.07) is 4.73. The number of nitrogens with two attached hydrogens (primary N) is 1. The molecule has 0 saturated heterocycles. The minimum atomic E-state index is -0.403. The predicted molar refractivity (Wildman–Crippen MR) is 76.3 cm³/mol. The number of nitrogens with zero attached hydrogens (tertiary/aromatic N) is 2. The van der Waals surface area contributed by atoms with Crippen LogP contribution in [0.2, 0.25) is 0 Å². The van der Waals surface area contributed by atoms with Crippen molar-refractivity contribution in [3.8, 4) is 0 Å². The van der Waals surface area contributed by atoms with E-state index in [4.69, 9.17) is 15.7 Å². The van der Waals surface area contributed by atoms with Crippen LogP contribution in [0.25, 0.3) is 0 Å². The van der Waals surface area contributed by atoms with Crippen LogP contribution in [0.1, 0.15) is 25.0 Å². The number of oxime groups is 1. The average Bonchev–Trinajstić information content (AvgIpc) is 2.41. The van der Waals surface area contributed by atoms with Gasteiger partial charge in [-0.15, -0.1) is 0 Å². The molecule has 0 amide bonds. The molecule has 5 nitrogen and oxygen atoms in total. The van der Waals surface area contributed by atoms with E-state index < -0.39 is 5.82 Å². The van der Waals surface area contributed by atoms with Crippen LogP contribution in [-0.4, -0.2) is 42.2 Å². The van der Waals surface area contributed by atoms with Crippen LogP contribution >= 0.6 is 0 Å². The largest absolute Gasteiger partial charge is 0.409 e. The van der Waals surface area contributed by atoms with E-state index in [0.717, 1.165) is 12.1 Å². The number of hydrogen-bond donors (Lipinski definition) is 2. The van der Waals surface area contributed by atoms with Gasteiger partial charge in [0.05, 0.1) is 6.61 Å². The van der Waals surface area contributed by atoms with Crippen molar-refractivity contribution in [3.63, 3.8) is 0 Å². The lowest BCUT2D eigenvalue weighted by atomic mass is 10.1. The molecule has 0 spiro atoms. The zero-order valence-electron chi connectivity index (χ0n) is 12.1. The SMILES string of the molecule is COCCN(Cc1cc(F)cc(/C(N)=N/O)c1)C(C)C. The number of methoxy groups -OCH3 is 1. The van der Waals surface area contributed by atoms with E-state index in [2.05, 4.69) is 23.9 Å². The Labute approximate surface area is 118 Å². The predicted octanol–water partition coefficient (Wildman–Crippen LogP) is 1.78. The molecule has 0 aliphatic rings. The molecule has 1 aromatic rings. The summed E-state index contributed by atoms with van der Waals surface area (Å²) in [6.45, 7) is 6.08. The number of rotatable bonds is 7. The summed E-state index contributed by atoms with van der Waals surface area (Å²) in [5.41, 5.74) is 6.65. The van der Waals surface area contributed by atoms with Crippen molar-refractivity contribution >= 4 is 5.84 Å². The molecular weight excluding hydrogens is 261 g/mol. The topological polar surface area (TPSA) is 71.1 Å². The van der Waals surface area contributed by atoms with Gasteiger partial charge in [-0.1, -0.05) is 5.16 Å². The van der Waals surface area contributed by atoms with Gasteiger partial charge in [-0.2, -0.15) is 0 Å². The van der Waals surface area contributed by atoms with Crippen molar-refractivity contribution < 1.29 is 14.3 Å². The Morgan fingerprint density at radius 2 is 2.15 bits per heavy atom. The van der Waals surface area contributed by atoms with Crippen LogP contribution in [-0.2, 0) is 11.3 Å². The van der Waals surface area contributed by atoms with E-state index in [1.165, 1.54) is 12.1 Å². The Bertz CT molecular complexity index is 464. The van der Waals surface area contributed by atoms with E-state index in [9.17, 15) is 4.39 Å². The molecular formula is C14H22FN3O2. The molecule has 3 N–H and O–H groups in total. The first-order valence-corrected chi connectivity index (χ1v) is 6.48. The summed E-state index contributed by atoms with van der Waals surface area (Å²) in [5.74, 6) is -0.502. The highest BCUT2D eigenvalue weighted by Gasteiger charge is 2.12. The van der Waals surface area contributed by atoms with Crippen molar-refractivity contribution in [2.45, 2.75) is 26.4 Å². The van der Waals surface area contributed by atoms with Gasteiger partial charge in [-0.05, 0) is 37.6 Å². The summed E-state index contributed by atoms with van der Waals surface area (Å²) in [5, 5.41) is 11.6. The van der Waals surface area contributed by atoms with Gasteiger partial charge in [0.15, 0.2) is 5.84 Å². The summed E-state index contributed by atoms with van der Waals surface area (Å²) in [7, 11) is 1.65. The third-order valence-corrected chi connectivity index (χ3v) is 3.06. The molecule has 1 rings (SSSR count). The second-order valence-corrected chi connectivity index (χ2v) is 4.89. The molecule has 6 heteroatoms. The minimum Gasteiger partial charge on any atom is -0.409 e.